The summed E-state index contributed by atoms with van der Waals surface area (Å²) in [5.41, 5.74) is 1.16. The zero-order chi connectivity index (χ0) is 13.0. The smallest absolute Gasteiger partial charge is 0.123 e. The molecule has 1 aliphatic rings. The molecule has 0 bridgehead atoms. The predicted molar refractivity (Wildman–Crippen MR) is 74.2 cm³/mol. The zero-order valence-electron chi connectivity index (χ0n) is 11.5. The second kappa shape index (κ2) is 6.33. The zero-order valence-corrected chi connectivity index (χ0v) is 11.5. The lowest BCUT2D eigenvalue weighted by atomic mass is 9.84. The van der Waals surface area contributed by atoms with E-state index in [-0.39, 0.29) is 5.82 Å². The molecule has 1 aromatic rings. The number of hydrogen-bond acceptors (Lipinski definition) is 1. The fourth-order valence-electron chi connectivity index (χ4n) is 3.02. The molecule has 0 spiro atoms. The van der Waals surface area contributed by atoms with Crippen molar-refractivity contribution in [1.82, 2.24) is 5.32 Å². The van der Waals surface area contributed by atoms with Crippen molar-refractivity contribution >= 4 is 0 Å². The van der Waals surface area contributed by atoms with Crippen molar-refractivity contribution in [3.8, 4) is 0 Å². The van der Waals surface area contributed by atoms with Crippen LogP contribution in [0.4, 0.5) is 4.39 Å². The third-order valence-electron chi connectivity index (χ3n) is 3.99. The topological polar surface area (TPSA) is 12.0 Å². The quantitative estimate of drug-likeness (QED) is 0.828. The van der Waals surface area contributed by atoms with Gasteiger partial charge in [0, 0.05) is 12.6 Å². The number of hydrogen-bond donors (Lipinski definition) is 1. The highest BCUT2D eigenvalue weighted by molar-refractivity contribution is 5.22. The molecular weight excluding hydrogens is 225 g/mol. The summed E-state index contributed by atoms with van der Waals surface area (Å²) in [6.07, 6.45) is 5.25. The van der Waals surface area contributed by atoms with Crippen molar-refractivity contribution in [2.45, 2.75) is 51.5 Å². The van der Waals surface area contributed by atoms with Crippen molar-refractivity contribution in [2.24, 2.45) is 5.92 Å². The number of halogens is 1. The molecule has 1 unspecified atom stereocenters. The lowest BCUT2D eigenvalue weighted by Crippen LogP contribution is -2.30. The van der Waals surface area contributed by atoms with Gasteiger partial charge in [-0.05, 0) is 42.4 Å². The Bertz CT molecular complexity index is 369. The highest BCUT2D eigenvalue weighted by Crippen LogP contribution is 2.37. The minimum absolute atomic E-state index is 0.111. The van der Waals surface area contributed by atoms with E-state index < -0.39 is 0 Å². The molecule has 0 aromatic heterocycles. The van der Waals surface area contributed by atoms with Gasteiger partial charge in [-0.15, -0.1) is 0 Å². The molecule has 1 fully saturated rings. The highest BCUT2D eigenvalue weighted by Gasteiger charge is 2.26. The Morgan fingerprint density at radius 2 is 2.00 bits per heavy atom. The van der Waals surface area contributed by atoms with E-state index >= 15 is 0 Å². The van der Waals surface area contributed by atoms with Crippen LogP contribution in [0.5, 0.6) is 0 Å². The van der Waals surface area contributed by atoms with Crippen molar-refractivity contribution in [3.05, 3.63) is 35.6 Å². The van der Waals surface area contributed by atoms with Crippen molar-refractivity contribution in [1.29, 1.82) is 0 Å². The summed E-state index contributed by atoms with van der Waals surface area (Å²) in [6, 6.07) is 7.65. The Labute approximate surface area is 110 Å². The summed E-state index contributed by atoms with van der Waals surface area (Å²) in [5.74, 6) is 1.07. The van der Waals surface area contributed by atoms with Gasteiger partial charge in [0.1, 0.15) is 5.82 Å². The largest absolute Gasteiger partial charge is 0.314 e. The number of rotatable bonds is 5. The molecule has 0 saturated heterocycles. The van der Waals surface area contributed by atoms with Gasteiger partial charge in [-0.1, -0.05) is 38.8 Å². The van der Waals surface area contributed by atoms with Gasteiger partial charge >= 0.3 is 0 Å². The lowest BCUT2D eigenvalue weighted by molar-refractivity contribution is 0.397. The molecule has 18 heavy (non-hydrogen) atoms. The fraction of sp³-hybridized carbons (Fsp3) is 0.625. The minimum atomic E-state index is -0.111. The summed E-state index contributed by atoms with van der Waals surface area (Å²) in [6.45, 7) is 5.29. The maximum Gasteiger partial charge on any atom is 0.123 e. The Balaban J connectivity index is 2.12. The van der Waals surface area contributed by atoms with Crippen LogP contribution >= 0.6 is 0 Å². The second-order valence-electron chi connectivity index (χ2n) is 5.77. The van der Waals surface area contributed by atoms with Crippen LogP contribution < -0.4 is 5.32 Å². The van der Waals surface area contributed by atoms with Crippen LogP contribution in [0, 0.1) is 11.7 Å². The molecule has 1 nitrogen and oxygen atoms in total. The minimum Gasteiger partial charge on any atom is -0.314 e. The lowest BCUT2D eigenvalue weighted by Gasteiger charge is -2.25. The SMILES string of the molecule is CC(C)NCC(c1cccc(F)c1)C1CCCC1. The van der Waals surface area contributed by atoms with Gasteiger partial charge in [-0.3, -0.25) is 0 Å². The normalized spacial score (nSPS) is 18.4. The number of benzene rings is 1. The van der Waals surface area contributed by atoms with E-state index in [1.807, 2.05) is 6.07 Å². The molecule has 2 heteroatoms. The molecule has 1 aliphatic carbocycles. The van der Waals surface area contributed by atoms with Crippen LogP contribution in [0.25, 0.3) is 0 Å². The van der Waals surface area contributed by atoms with E-state index in [0.29, 0.717) is 12.0 Å². The molecule has 0 amide bonds. The molecule has 0 radical (unpaired) electrons. The van der Waals surface area contributed by atoms with E-state index in [1.165, 1.54) is 31.7 Å². The summed E-state index contributed by atoms with van der Waals surface area (Å²) >= 11 is 0. The third-order valence-corrected chi connectivity index (χ3v) is 3.99. The Kier molecular flexibility index (Phi) is 4.76. The molecule has 1 aromatic carbocycles. The van der Waals surface area contributed by atoms with Gasteiger partial charge in [-0.25, -0.2) is 4.39 Å². The van der Waals surface area contributed by atoms with E-state index in [0.717, 1.165) is 18.0 Å². The average Bonchev–Trinajstić information content (AvgIpc) is 2.83. The summed E-state index contributed by atoms with van der Waals surface area (Å²) in [7, 11) is 0. The van der Waals surface area contributed by atoms with Gasteiger partial charge in [0.15, 0.2) is 0 Å². The average molecular weight is 249 g/mol. The van der Waals surface area contributed by atoms with Gasteiger partial charge in [0.2, 0.25) is 0 Å². The predicted octanol–water partition coefficient (Wildman–Crippen LogP) is 4.10. The standard InChI is InChI=1S/C16H24FN/c1-12(2)18-11-16(13-6-3-4-7-13)14-8-5-9-15(17)10-14/h5,8-10,12-13,16,18H,3-4,6-7,11H2,1-2H3. The summed E-state index contributed by atoms with van der Waals surface area (Å²) in [4.78, 5) is 0. The first-order chi connectivity index (χ1) is 8.66. The van der Waals surface area contributed by atoms with E-state index in [1.54, 1.807) is 6.07 Å². The van der Waals surface area contributed by atoms with E-state index in [9.17, 15) is 4.39 Å². The maximum absolute atomic E-state index is 13.4. The van der Waals surface area contributed by atoms with Crippen LogP contribution in [-0.4, -0.2) is 12.6 Å². The molecule has 100 valence electrons. The summed E-state index contributed by atoms with van der Waals surface area (Å²) < 4.78 is 13.4. The van der Waals surface area contributed by atoms with Crippen molar-refractivity contribution in [2.75, 3.05) is 6.54 Å². The van der Waals surface area contributed by atoms with Crippen LogP contribution in [0.2, 0.25) is 0 Å². The van der Waals surface area contributed by atoms with Gasteiger partial charge in [0.05, 0.1) is 0 Å². The Hall–Kier alpha value is -0.890. The van der Waals surface area contributed by atoms with Gasteiger partial charge in [-0.2, -0.15) is 0 Å². The molecule has 0 aliphatic heterocycles. The van der Waals surface area contributed by atoms with Crippen LogP contribution in [-0.2, 0) is 0 Å². The maximum atomic E-state index is 13.4. The van der Waals surface area contributed by atoms with Crippen molar-refractivity contribution < 1.29 is 4.39 Å². The Morgan fingerprint density at radius 1 is 1.28 bits per heavy atom. The Morgan fingerprint density at radius 3 is 2.61 bits per heavy atom. The monoisotopic (exact) mass is 249 g/mol. The van der Waals surface area contributed by atoms with Crippen LogP contribution in [0.15, 0.2) is 24.3 Å². The molecule has 1 N–H and O–H groups in total. The summed E-state index contributed by atoms with van der Waals surface area (Å²) in [5, 5.41) is 3.52. The van der Waals surface area contributed by atoms with Gasteiger partial charge < -0.3 is 5.32 Å². The molecule has 0 heterocycles. The molecule has 2 rings (SSSR count). The van der Waals surface area contributed by atoms with Gasteiger partial charge in [0.25, 0.3) is 0 Å². The molecule has 1 atom stereocenters. The highest BCUT2D eigenvalue weighted by atomic mass is 19.1. The van der Waals surface area contributed by atoms with Crippen molar-refractivity contribution in [3.63, 3.8) is 0 Å². The first kappa shape index (κ1) is 13.5. The first-order valence-corrected chi connectivity index (χ1v) is 7.15. The molecular formula is C16H24FN. The third kappa shape index (κ3) is 3.55. The van der Waals surface area contributed by atoms with E-state index in [4.69, 9.17) is 0 Å². The molecule has 1 saturated carbocycles. The fourth-order valence-corrected chi connectivity index (χ4v) is 3.02. The number of nitrogens with one attached hydrogen (secondary N) is 1. The second-order valence-corrected chi connectivity index (χ2v) is 5.77. The first-order valence-electron chi connectivity index (χ1n) is 7.15. The van der Waals surface area contributed by atoms with E-state index in [2.05, 4.69) is 25.2 Å². The van der Waals surface area contributed by atoms with Crippen LogP contribution in [0.1, 0.15) is 51.0 Å². The van der Waals surface area contributed by atoms with Crippen LogP contribution in [0.3, 0.4) is 0 Å².